The summed E-state index contributed by atoms with van der Waals surface area (Å²) in [7, 11) is 0. The van der Waals surface area contributed by atoms with Crippen LogP contribution in [0.2, 0.25) is 0 Å². The quantitative estimate of drug-likeness (QED) is 0.253. The van der Waals surface area contributed by atoms with Crippen LogP contribution in [0, 0.1) is 0 Å². The molecule has 4 aromatic rings. The Bertz CT molecular complexity index is 1430. The number of carbonyl (C=O) groups is 1. The van der Waals surface area contributed by atoms with Gasteiger partial charge in [-0.15, -0.1) is 0 Å². The van der Waals surface area contributed by atoms with E-state index in [0.717, 1.165) is 5.56 Å². The maximum atomic E-state index is 13.9. The van der Waals surface area contributed by atoms with E-state index in [0.29, 0.717) is 23.4 Å². The Balaban J connectivity index is 1.61. The standard InChI is InChI=1S/C29H22F6N4O/c30-28(31,32)20-15-21(29(33,34)35)17-22(16-20)37-27(40)39-25(19-11-5-2-6-12-19)24(18-9-3-1-4-10-18)38-26(39)23-13-7-8-14-36-23/h1-17,24-26,38H,(H,37,40)/t24-,25-,26+/m1/s1. The lowest BCUT2D eigenvalue weighted by atomic mass is 9.94. The highest BCUT2D eigenvalue weighted by Gasteiger charge is 2.46. The molecule has 11 heteroatoms. The number of alkyl halides is 6. The van der Waals surface area contributed by atoms with Crippen LogP contribution < -0.4 is 10.6 Å². The number of aromatic nitrogens is 1. The fourth-order valence-corrected chi connectivity index (χ4v) is 4.83. The molecular weight excluding hydrogens is 534 g/mol. The highest BCUT2D eigenvalue weighted by molar-refractivity contribution is 5.90. The van der Waals surface area contributed by atoms with E-state index >= 15 is 0 Å². The van der Waals surface area contributed by atoms with E-state index in [4.69, 9.17) is 0 Å². The number of amides is 2. The molecule has 206 valence electrons. The third-order valence-electron chi connectivity index (χ3n) is 6.57. The first kappa shape index (κ1) is 27.2. The molecule has 0 bridgehead atoms. The van der Waals surface area contributed by atoms with Crippen molar-refractivity contribution in [2.24, 2.45) is 0 Å². The van der Waals surface area contributed by atoms with Gasteiger partial charge in [0.25, 0.3) is 0 Å². The molecular formula is C29H22F6N4O. The molecule has 5 nitrogen and oxygen atoms in total. The molecule has 1 aliphatic rings. The smallest absolute Gasteiger partial charge is 0.308 e. The van der Waals surface area contributed by atoms with Crippen LogP contribution in [-0.4, -0.2) is 15.9 Å². The summed E-state index contributed by atoms with van der Waals surface area (Å²) < 4.78 is 80.8. The minimum atomic E-state index is -5.06. The number of pyridine rings is 1. The van der Waals surface area contributed by atoms with Gasteiger partial charge in [0, 0.05) is 11.9 Å². The van der Waals surface area contributed by atoms with Gasteiger partial charge in [0.2, 0.25) is 0 Å². The van der Waals surface area contributed by atoms with Crippen LogP contribution in [-0.2, 0) is 12.4 Å². The Morgan fingerprint density at radius 3 is 1.82 bits per heavy atom. The van der Waals surface area contributed by atoms with Crippen molar-refractivity contribution in [1.29, 1.82) is 0 Å². The zero-order chi connectivity index (χ0) is 28.5. The Labute approximate surface area is 225 Å². The first-order valence-corrected chi connectivity index (χ1v) is 12.2. The van der Waals surface area contributed by atoms with Gasteiger partial charge in [-0.3, -0.25) is 15.2 Å². The average Bonchev–Trinajstić information content (AvgIpc) is 3.34. The average molecular weight is 557 g/mol. The van der Waals surface area contributed by atoms with Crippen molar-refractivity contribution in [3.63, 3.8) is 0 Å². The van der Waals surface area contributed by atoms with Gasteiger partial charge in [0.05, 0.1) is 28.9 Å². The molecule has 2 amide bonds. The molecule has 0 aliphatic carbocycles. The Kier molecular flexibility index (Phi) is 7.24. The first-order chi connectivity index (χ1) is 19.0. The minimum absolute atomic E-state index is 0.0158. The molecule has 0 spiro atoms. The predicted octanol–water partition coefficient (Wildman–Crippen LogP) is 7.74. The molecule has 3 aromatic carbocycles. The van der Waals surface area contributed by atoms with E-state index in [1.54, 1.807) is 48.5 Å². The van der Waals surface area contributed by atoms with Crippen molar-refractivity contribution in [2.75, 3.05) is 5.32 Å². The number of hydrogen-bond donors (Lipinski definition) is 2. The lowest BCUT2D eigenvalue weighted by molar-refractivity contribution is -0.143. The summed E-state index contributed by atoms with van der Waals surface area (Å²) in [4.78, 5) is 19.6. The van der Waals surface area contributed by atoms with Gasteiger partial charge in [-0.05, 0) is 41.5 Å². The molecule has 0 unspecified atom stereocenters. The number of anilines is 1. The zero-order valence-corrected chi connectivity index (χ0v) is 20.6. The molecule has 1 saturated heterocycles. The van der Waals surface area contributed by atoms with Crippen molar-refractivity contribution < 1.29 is 31.1 Å². The van der Waals surface area contributed by atoms with Gasteiger partial charge in [-0.1, -0.05) is 66.7 Å². The molecule has 2 heterocycles. The number of carbonyl (C=O) groups excluding carboxylic acids is 1. The van der Waals surface area contributed by atoms with Gasteiger partial charge in [0.15, 0.2) is 0 Å². The second-order valence-electron chi connectivity index (χ2n) is 9.20. The molecule has 0 radical (unpaired) electrons. The van der Waals surface area contributed by atoms with Gasteiger partial charge >= 0.3 is 18.4 Å². The Hall–Kier alpha value is -4.38. The first-order valence-electron chi connectivity index (χ1n) is 12.2. The van der Waals surface area contributed by atoms with Crippen LogP contribution in [0.5, 0.6) is 0 Å². The monoisotopic (exact) mass is 556 g/mol. The van der Waals surface area contributed by atoms with E-state index in [1.165, 1.54) is 11.1 Å². The third kappa shape index (κ3) is 5.64. The van der Waals surface area contributed by atoms with Crippen molar-refractivity contribution in [3.05, 3.63) is 131 Å². The van der Waals surface area contributed by atoms with Crippen LogP contribution in [0.3, 0.4) is 0 Å². The largest absolute Gasteiger partial charge is 0.416 e. The second kappa shape index (κ2) is 10.6. The van der Waals surface area contributed by atoms with Crippen LogP contribution in [0.4, 0.5) is 36.8 Å². The summed E-state index contributed by atoms with van der Waals surface area (Å²) in [6.07, 6.45) is -9.44. The Morgan fingerprint density at radius 2 is 1.30 bits per heavy atom. The predicted molar refractivity (Wildman–Crippen MR) is 136 cm³/mol. The van der Waals surface area contributed by atoms with Gasteiger partial charge in [-0.2, -0.15) is 26.3 Å². The number of halogens is 6. The molecule has 1 aliphatic heterocycles. The van der Waals surface area contributed by atoms with Crippen molar-refractivity contribution in [3.8, 4) is 0 Å². The van der Waals surface area contributed by atoms with Gasteiger partial charge in [-0.25, -0.2) is 4.79 Å². The van der Waals surface area contributed by atoms with Crippen LogP contribution >= 0.6 is 0 Å². The maximum Gasteiger partial charge on any atom is 0.416 e. The van der Waals surface area contributed by atoms with Gasteiger partial charge in [0.1, 0.15) is 6.17 Å². The highest BCUT2D eigenvalue weighted by atomic mass is 19.4. The summed E-state index contributed by atoms with van der Waals surface area (Å²) in [5.74, 6) is 0. The van der Waals surface area contributed by atoms with E-state index < -0.39 is 53.4 Å². The number of hydrogen-bond acceptors (Lipinski definition) is 3. The number of nitrogens with zero attached hydrogens (tertiary/aromatic N) is 2. The number of rotatable bonds is 4. The zero-order valence-electron chi connectivity index (χ0n) is 20.6. The summed E-state index contributed by atoms with van der Waals surface area (Å²) in [6.45, 7) is 0. The molecule has 1 fully saturated rings. The molecule has 2 N–H and O–H groups in total. The Morgan fingerprint density at radius 1 is 0.750 bits per heavy atom. The van der Waals surface area contributed by atoms with Crippen molar-refractivity contribution >= 4 is 11.7 Å². The number of urea groups is 1. The van der Waals surface area contributed by atoms with E-state index in [1.807, 2.05) is 30.3 Å². The normalized spacial score (nSPS) is 19.4. The molecule has 3 atom stereocenters. The fourth-order valence-electron chi connectivity index (χ4n) is 4.83. The molecule has 40 heavy (non-hydrogen) atoms. The number of benzene rings is 3. The van der Waals surface area contributed by atoms with Crippen LogP contribution in [0.25, 0.3) is 0 Å². The SMILES string of the molecule is O=C(Nc1cc(C(F)(F)F)cc(C(F)(F)F)c1)N1[C@@H](c2ccccn2)N[C@H](c2ccccc2)[C@H]1c1ccccc1. The van der Waals surface area contributed by atoms with E-state index in [2.05, 4.69) is 15.6 Å². The van der Waals surface area contributed by atoms with Crippen LogP contribution in [0.15, 0.2) is 103 Å². The third-order valence-corrected chi connectivity index (χ3v) is 6.57. The summed E-state index contributed by atoms with van der Waals surface area (Å²) >= 11 is 0. The lowest BCUT2D eigenvalue weighted by Gasteiger charge is -2.31. The van der Waals surface area contributed by atoms with Gasteiger partial charge < -0.3 is 5.32 Å². The second-order valence-corrected chi connectivity index (χ2v) is 9.20. The molecule has 5 rings (SSSR count). The topological polar surface area (TPSA) is 57.3 Å². The highest BCUT2D eigenvalue weighted by Crippen LogP contribution is 2.46. The fraction of sp³-hybridized carbons (Fsp3) is 0.172. The van der Waals surface area contributed by atoms with Crippen molar-refractivity contribution in [1.82, 2.24) is 15.2 Å². The summed E-state index contributed by atoms with van der Waals surface area (Å²) in [5, 5.41) is 5.70. The van der Waals surface area contributed by atoms with E-state index in [9.17, 15) is 31.1 Å². The van der Waals surface area contributed by atoms with E-state index in [-0.39, 0.29) is 6.07 Å². The molecule has 0 saturated carbocycles. The maximum absolute atomic E-state index is 13.9. The number of nitrogens with one attached hydrogen (secondary N) is 2. The van der Waals surface area contributed by atoms with Crippen molar-refractivity contribution in [2.45, 2.75) is 30.6 Å². The van der Waals surface area contributed by atoms with Crippen LogP contribution in [0.1, 0.15) is 46.2 Å². The lowest BCUT2D eigenvalue weighted by Crippen LogP contribution is -2.38. The summed E-state index contributed by atoms with van der Waals surface area (Å²) in [6, 6.07) is 22.2. The summed E-state index contributed by atoms with van der Waals surface area (Å²) in [5.41, 5.74) is -1.72. The molecule has 1 aromatic heterocycles. The minimum Gasteiger partial charge on any atom is -0.308 e.